The van der Waals surface area contributed by atoms with Gasteiger partial charge in [0.2, 0.25) is 0 Å². The molecular weight excluding hydrogens is 306 g/mol. The summed E-state index contributed by atoms with van der Waals surface area (Å²) in [7, 11) is 1.20. The monoisotopic (exact) mass is 327 g/mol. The van der Waals surface area contributed by atoms with Gasteiger partial charge in [-0.1, -0.05) is 17.7 Å². The molecule has 0 bridgehead atoms. The number of methoxy groups -OCH3 is 1. The number of rotatable bonds is 5. The van der Waals surface area contributed by atoms with E-state index in [0.717, 1.165) is 24.8 Å². The second-order valence-electron chi connectivity index (χ2n) is 5.65. The SMILES string of the molecule is COC(=O)/C(C(=O)/C=C/C1=CCCC1)=C(/N)c1ccc(O)cc1C. The van der Waals surface area contributed by atoms with Crippen molar-refractivity contribution >= 4 is 17.4 Å². The van der Waals surface area contributed by atoms with Gasteiger partial charge in [0.05, 0.1) is 12.8 Å². The third-order valence-corrected chi connectivity index (χ3v) is 3.93. The maximum Gasteiger partial charge on any atom is 0.344 e. The van der Waals surface area contributed by atoms with E-state index in [1.807, 2.05) is 0 Å². The summed E-state index contributed by atoms with van der Waals surface area (Å²) in [5.41, 5.74) is 8.15. The standard InChI is InChI=1S/C19H21NO4/c1-12-11-14(21)8-9-15(12)18(20)17(19(23)24-2)16(22)10-7-13-5-3-4-6-13/h5,7-11,21H,3-4,6,20H2,1-2H3/b10-7+,18-17+. The number of ketones is 1. The number of carbonyl (C=O) groups is 2. The number of aryl methyl sites for hydroxylation is 1. The zero-order valence-corrected chi connectivity index (χ0v) is 13.8. The van der Waals surface area contributed by atoms with E-state index in [1.54, 1.807) is 19.1 Å². The van der Waals surface area contributed by atoms with E-state index in [1.165, 1.54) is 25.3 Å². The van der Waals surface area contributed by atoms with Crippen molar-refractivity contribution in [2.45, 2.75) is 26.2 Å². The topological polar surface area (TPSA) is 89.6 Å². The molecule has 1 aromatic carbocycles. The molecule has 0 amide bonds. The molecule has 1 aliphatic carbocycles. The number of allylic oxidation sites excluding steroid dienone is 4. The second-order valence-corrected chi connectivity index (χ2v) is 5.65. The van der Waals surface area contributed by atoms with Crippen LogP contribution in [0.4, 0.5) is 0 Å². The molecule has 0 aromatic heterocycles. The lowest BCUT2D eigenvalue weighted by Gasteiger charge is -2.11. The average Bonchev–Trinajstić information content (AvgIpc) is 3.06. The van der Waals surface area contributed by atoms with Crippen LogP contribution in [0.25, 0.3) is 5.70 Å². The Labute approximate surface area is 141 Å². The van der Waals surface area contributed by atoms with Gasteiger partial charge in [0.1, 0.15) is 11.3 Å². The van der Waals surface area contributed by atoms with E-state index in [-0.39, 0.29) is 17.0 Å². The maximum atomic E-state index is 12.5. The lowest BCUT2D eigenvalue weighted by molar-refractivity contribution is -0.137. The lowest BCUT2D eigenvalue weighted by Crippen LogP contribution is -2.18. The van der Waals surface area contributed by atoms with Gasteiger partial charge in [0.25, 0.3) is 0 Å². The van der Waals surface area contributed by atoms with Gasteiger partial charge in [-0.25, -0.2) is 4.79 Å². The largest absolute Gasteiger partial charge is 0.508 e. The highest BCUT2D eigenvalue weighted by atomic mass is 16.5. The summed E-state index contributed by atoms with van der Waals surface area (Å²) in [6.07, 6.45) is 8.14. The van der Waals surface area contributed by atoms with Crippen LogP contribution in [0.15, 0.2) is 47.6 Å². The number of hydrogen-bond donors (Lipinski definition) is 2. The van der Waals surface area contributed by atoms with E-state index >= 15 is 0 Å². The van der Waals surface area contributed by atoms with E-state index in [0.29, 0.717) is 11.1 Å². The smallest absolute Gasteiger partial charge is 0.344 e. The first-order chi connectivity index (χ1) is 11.4. The Balaban J connectivity index is 2.42. The van der Waals surface area contributed by atoms with Crippen LogP contribution in [0.5, 0.6) is 5.75 Å². The van der Waals surface area contributed by atoms with E-state index in [9.17, 15) is 14.7 Å². The molecule has 0 atom stereocenters. The van der Waals surface area contributed by atoms with Crippen molar-refractivity contribution in [3.8, 4) is 5.75 Å². The number of benzene rings is 1. The van der Waals surface area contributed by atoms with Crippen LogP contribution in [0.1, 0.15) is 30.4 Å². The third-order valence-electron chi connectivity index (χ3n) is 3.93. The Hall–Kier alpha value is -2.82. The number of phenolic OH excluding ortho intramolecular Hbond substituents is 1. The van der Waals surface area contributed by atoms with Gasteiger partial charge in [-0.15, -0.1) is 0 Å². The molecular formula is C19H21NO4. The van der Waals surface area contributed by atoms with Crippen molar-refractivity contribution in [3.63, 3.8) is 0 Å². The molecule has 0 radical (unpaired) electrons. The van der Waals surface area contributed by atoms with Crippen LogP contribution < -0.4 is 5.73 Å². The molecule has 0 fully saturated rings. The van der Waals surface area contributed by atoms with E-state index in [4.69, 9.17) is 10.5 Å². The van der Waals surface area contributed by atoms with Gasteiger partial charge in [-0.3, -0.25) is 4.79 Å². The van der Waals surface area contributed by atoms with Gasteiger partial charge in [-0.2, -0.15) is 0 Å². The van der Waals surface area contributed by atoms with Crippen LogP contribution in [0.3, 0.4) is 0 Å². The summed E-state index contributed by atoms with van der Waals surface area (Å²) in [5, 5.41) is 9.50. The fraction of sp³-hybridized carbons (Fsp3) is 0.263. The van der Waals surface area contributed by atoms with Crippen LogP contribution in [0, 0.1) is 6.92 Å². The highest BCUT2D eigenvalue weighted by Gasteiger charge is 2.22. The molecule has 1 aliphatic rings. The molecule has 0 unspecified atom stereocenters. The van der Waals surface area contributed by atoms with Crippen molar-refractivity contribution in [3.05, 3.63) is 58.7 Å². The van der Waals surface area contributed by atoms with Crippen LogP contribution in [-0.4, -0.2) is 24.0 Å². The van der Waals surface area contributed by atoms with Gasteiger partial charge in [0, 0.05) is 5.56 Å². The van der Waals surface area contributed by atoms with Crippen LogP contribution in [0.2, 0.25) is 0 Å². The summed E-state index contributed by atoms with van der Waals surface area (Å²) >= 11 is 0. The number of hydrogen-bond acceptors (Lipinski definition) is 5. The molecule has 0 spiro atoms. The summed E-state index contributed by atoms with van der Waals surface area (Å²) < 4.78 is 4.72. The number of aromatic hydroxyl groups is 1. The number of carbonyl (C=O) groups excluding carboxylic acids is 2. The predicted molar refractivity (Wildman–Crippen MR) is 92.0 cm³/mol. The van der Waals surface area contributed by atoms with Crippen LogP contribution >= 0.6 is 0 Å². The number of phenols is 1. The molecule has 5 nitrogen and oxygen atoms in total. The minimum atomic E-state index is -0.782. The Morgan fingerprint density at radius 2 is 2.08 bits per heavy atom. The Kier molecular flexibility index (Phi) is 5.58. The van der Waals surface area contributed by atoms with Gasteiger partial charge in [-0.05, 0) is 56.0 Å². The number of ether oxygens (including phenoxy) is 1. The quantitative estimate of drug-likeness (QED) is 0.376. The van der Waals surface area contributed by atoms with Crippen molar-refractivity contribution in [2.75, 3.05) is 7.11 Å². The molecule has 3 N–H and O–H groups in total. The molecule has 5 heteroatoms. The minimum absolute atomic E-state index is 0.0365. The molecule has 2 rings (SSSR count). The summed E-state index contributed by atoms with van der Waals surface area (Å²) in [5.74, 6) is -1.20. The highest BCUT2D eigenvalue weighted by Crippen LogP contribution is 2.24. The molecule has 1 aromatic rings. The molecule has 24 heavy (non-hydrogen) atoms. The Morgan fingerprint density at radius 1 is 1.33 bits per heavy atom. The molecule has 0 heterocycles. The second kappa shape index (κ2) is 7.64. The molecule has 0 saturated carbocycles. The first kappa shape index (κ1) is 17.5. The average molecular weight is 327 g/mol. The van der Waals surface area contributed by atoms with Gasteiger partial charge < -0.3 is 15.6 Å². The van der Waals surface area contributed by atoms with Crippen molar-refractivity contribution in [1.29, 1.82) is 0 Å². The van der Waals surface area contributed by atoms with Gasteiger partial charge in [0.15, 0.2) is 5.78 Å². The fourth-order valence-corrected chi connectivity index (χ4v) is 2.64. The fourth-order valence-electron chi connectivity index (χ4n) is 2.64. The normalized spacial score (nSPS) is 15.2. The zero-order valence-electron chi connectivity index (χ0n) is 13.8. The van der Waals surface area contributed by atoms with Gasteiger partial charge >= 0.3 is 5.97 Å². The van der Waals surface area contributed by atoms with Crippen molar-refractivity contribution in [1.82, 2.24) is 0 Å². The molecule has 0 aliphatic heterocycles. The van der Waals surface area contributed by atoms with Crippen molar-refractivity contribution < 1.29 is 19.4 Å². The molecule has 0 saturated heterocycles. The lowest BCUT2D eigenvalue weighted by atomic mass is 9.99. The zero-order chi connectivity index (χ0) is 17.7. The predicted octanol–water partition coefficient (Wildman–Crippen LogP) is 2.78. The third kappa shape index (κ3) is 3.93. The van der Waals surface area contributed by atoms with E-state index in [2.05, 4.69) is 6.08 Å². The first-order valence-corrected chi connectivity index (χ1v) is 7.73. The Morgan fingerprint density at radius 3 is 2.67 bits per heavy atom. The van der Waals surface area contributed by atoms with Crippen LogP contribution in [-0.2, 0) is 14.3 Å². The first-order valence-electron chi connectivity index (χ1n) is 7.73. The molecule has 126 valence electrons. The Bertz CT molecular complexity index is 757. The highest BCUT2D eigenvalue weighted by molar-refractivity contribution is 6.26. The van der Waals surface area contributed by atoms with Crippen molar-refractivity contribution in [2.24, 2.45) is 5.73 Å². The summed E-state index contributed by atoms with van der Waals surface area (Å²) in [4.78, 5) is 24.6. The van der Waals surface area contributed by atoms with E-state index < -0.39 is 11.8 Å². The summed E-state index contributed by atoms with van der Waals surface area (Å²) in [6, 6.07) is 4.54. The minimum Gasteiger partial charge on any atom is -0.508 e. The maximum absolute atomic E-state index is 12.5. The number of nitrogens with two attached hydrogens (primary N) is 1. The summed E-state index contributed by atoms with van der Waals surface area (Å²) in [6.45, 7) is 1.74. The number of esters is 1.